The molecule has 0 saturated carbocycles. The third-order valence-electron chi connectivity index (χ3n) is 2.72. The molecular weight excluding hydrogens is 228 g/mol. The van der Waals surface area contributed by atoms with E-state index in [0.717, 1.165) is 31.6 Å². The highest BCUT2D eigenvalue weighted by atomic mass is 15.4. The average molecular weight is 244 g/mol. The lowest BCUT2D eigenvalue weighted by atomic mass is 10.3. The molecule has 0 atom stereocenters. The molecule has 0 fully saturated rings. The van der Waals surface area contributed by atoms with Crippen LogP contribution in [0.1, 0.15) is 17.7 Å². The van der Waals surface area contributed by atoms with Gasteiger partial charge in [0.25, 0.3) is 0 Å². The van der Waals surface area contributed by atoms with Crippen molar-refractivity contribution >= 4 is 0 Å². The van der Waals surface area contributed by atoms with Crippen molar-refractivity contribution in [2.45, 2.75) is 19.5 Å². The van der Waals surface area contributed by atoms with Crippen LogP contribution in [0, 0.1) is 11.3 Å². The first kappa shape index (κ1) is 12.3. The molecular formula is C12H16N6. The van der Waals surface area contributed by atoms with Crippen LogP contribution in [-0.4, -0.2) is 26.1 Å². The van der Waals surface area contributed by atoms with Crippen LogP contribution in [0.3, 0.4) is 0 Å². The van der Waals surface area contributed by atoms with E-state index in [0.29, 0.717) is 5.69 Å². The minimum atomic E-state index is 0.689. The Morgan fingerprint density at radius 1 is 1.50 bits per heavy atom. The van der Waals surface area contributed by atoms with Crippen molar-refractivity contribution in [2.75, 3.05) is 6.54 Å². The standard InChI is InChI=1S/C12H16N6/c1-17-10-11(7-12(17)8-13)9-14-3-2-5-18-6-4-15-16-18/h4,6-7,10,14H,2-3,5,9H2,1H3. The summed E-state index contributed by atoms with van der Waals surface area (Å²) in [6.45, 7) is 2.56. The molecule has 18 heavy (non-hydrogen) atoms. The molecule has 94 valence electrons. The lowest BCUT2D eigenvalue weighted by Crippen LogP contribution is -2.16. The first-order valence-corrected chi connectivity index (χ1v) is 5.90. The largest absolute Gasteiger partial charge is 0.342 e. The second-order valence-electron chi connectivity index (χ2n) is 4.15. The van der Waals surface area contributed by atoms with Crippen LogP contribution in [0.25, 0.3) is 0 Å². The van der Waals surface area contributed by atoms with Crippen molar-refractivity contribution in [1.82, 2.24) is 24.9 Å². The second-order valence-corrected chi connectivity index (χ2v) is 4.15. The Morgan fingerprint density at radius 2 is 2.39 bits per heavy atom. The molecule has 0 spiro atoms. The summed E-state index contributed by atoms with van der Waals surface area (Å²) in [5.41, 5.74) is 1.82. The first-order chi connectivity index (χ1) is 8.79. The maximum Gasteiger partial charge on any atom is 0.120 e. The number of rotatable bonds is 6. The minimum absolute atomic E-state index is 0.689. The predicted octanol–water partition coefficient (Wildman–Crippen LogP) is 0.668. The van der Waals surface area contributed by atoms with Crippen LogP contribution in [0.2, 0.25) is 0 Å². The summed E-state index contributed by atoms with van der Waals surface area (Å²) in [6.07, 6.45) is 6.52. The Labute approximate surface area is 106 Å². The lowest BCUT2D eigenvalue weighted by molar-refractivity contribution is 0.530. The topological polar surface area (TPSA) is 71.5 Å². The van der Waals surface area contributed by atoms with Crippen molar-refractivity contribution in [3.63, 3.8) is 0 Å². The molecule has 0 unspecified atom stereocenters. The molecule has 0 aliphatic rings. The summed E-state index contributed by atoms with van der Waals surface area (Å²) in [7, 11) is 1.88. The fourth-order valence-corrected chi connectivity index (χ4v) is 1.79. The number of nitrogens with one attached hydrogen (secondary N) is 1. The fraction of sp³-hybridized carbons (Fsp3) is 0.417. The molecule has 0 radical (unpaired) electrons. The van der Waals surface area contributed by atoms with Gasteiger partial charge in [-0.05, 0) is 24.6 Å². The number of aryl methyl sites for hydroxylation is 2. The fourth-order valence-electron chi connectivity index (χ4n) is 1.79. The number of hydrogen-bond acceptors (Lipinski definition) is 4. The summed E-state index contributed by atoms with van der Waals surface area (Å²) < 4.78 is 3.66. The molecule has 6 heteroatoms. The Kier molecular flexibility index (Phi) is 4.10. The van der Waals surface area contributed by atoms with Gasteiger partial charge in [0.15, 0.2) is 0 Å². The number of nitrogens with zero attached hydrogens (tertiary/aromatic N) is 5. The Morgan fingerprint density at radius 3 is 3.06 bits per heavy atom. The van der Waals surface area contributed by atoms with Crippen molar-refractivity contribution in [2.24, 2.45) is 7.05 Å². The number of hydrogen-bond donors (Lipinski definition) is 1. The van der Waals surface area contributed by atoms with Gasteiger partial charge in [-0.3, -0.25) is 4.68 Å². The zero-order chi connectivity index (χ0) is 12.8. The number of aromatic nitrogens is 4. The smallest absolute Gasteiger partial charge is 0.120 e. The molecule has 0 aromatic carbocycles. The quantitative estimate of drug-likeness (QED) is 0.758. The molecule has 2 aromatic heterocycles. The van der Waals surface area contributed by atoms with E-state index in [2.05, 4.69) is 21.7 Å². The van der Waals surface area contributed by atoms with E-state index in [1.165, 1.54) is 0 Å². The van der Waals surface area contributed by atoms with E-state index in [1.807, 2.05) is 34.8 Å². The van der Waals surface area contributed by atoms with Crippen LogP contribution in [0.15, 0.2) is 24.7 Å². The van der Waals surface area contributed by atoms with Gasteiger partial charge in [-0.15, -0.1) is 5.10 Å². The summed E-state index contributed by atoms with van der Waals surface area (Å²) in [4.78, 5) is 0. The van der Waals surface area contributed by atoms with Crippen LogP contribution >= 0.6 is 0 Å². The highest BCUT2D eigenvalue weighted by Gasteiger charge is 2.01. The monoisotopic (exact) mass is 244 g/mol. The highest BCUT2D eigenvalue weighted by molar-refractivity contribution is 5.28. The average Bonchev–Trinajstić information content (AvgIpc) is 2.98. The van der Waals surface area contributed by atoms with Crippen molar-refractivity contribution in [3.05, 3.63) is 35.9 Å². The summed E-state index contributed by atoms with van der Waals surface area (Å²) >= 11 is 0. The van der Waals surface area contributed by atoms with Crippen molar-refractivity contribution < 1.29 is 0 Å². The van der Waals surface area contributed by atoms with Gasteiger partial charge >= 0.3 is 0 Å². The molecule has 1 N–H and O–H groups in total. The molecule has 0 bridgehead atoms. The van der Waals surface area contributed by atoms with Crippen LogP contribution in [0.4, 0.5) is 0 Å². The molecule has 0 aliphatic carbocycles. The molecule has 2 rings (SSSR count). The van der Waals surface area contributed by atoms with Crippen LogP contribution < -0.4 is 5.32 Å². The Bertz CT molecular complexity index is 519. The molecule has 6 nitrogen and oxygen atoms in total. The minimum Gasteiger partial charge on any atom is -0.342 e. The van der Waals surface area contributed by atoms with Crippen molar-refractivity contribution in [3.8, 4) is 6.07 Å². The lowest BCUT2D eigenvalue weighted by Gasteiger charge is -2.03. The van der Waals surface area contributed by atoms with E-state index in [4.69, 9.17) is 5.26 Å². The normalized spacial score (nSPS) is 10.4. The Balaban J connectivity index is 1.67. The zero-order valence-corrected chi connectivity index (χ0v) is 10.4. The summed E-state index contributed by atoms with van der Waals surface area (Å²) in [5.74, 6) is 0. The molecule has 0 aliphatic heterocycles. The maximum absolute atomic E-state index is 8.84. The van der Waals surface area contributed by atoms with Gasteiger partial charge in [-0.2, -0.15) is 5.26 Å². The molecule has 0 amide bonds. The highest BCUT2D eigenvalue weighted by Crippen LogP contribution is 2.05. The van der Waals surface area contributed by atoms with E-state index in [9.17, 15) is 0 Å². The SMILES string of the molecule is Cn1cc(CNCCCn2ccnn2)cc1C#N. The Hall–Kier alpha value is -2.13. The van der Waals surface area contributed by atoms with E-state index >= 15 is 0 Å². The maximum atomic E-state index is 8.84. The van der Waals surface area contributed by atoms with Gasteiger partial charge in [-0.25, -0.2) is 0 Å². The van der Waals surface area contributed by atoms with Crippen LogP contribution in [-0.2, 0) is 20.1 Å². The molecule has 2 heterocycles. The van der Waals surface area contributed by atoms with Gasteiger partial charge in [0.05, 0.1) is 6.20 Å². The molecule has 0 saturated heterocycles. The predicted molar refractivity (Wildman–Crippen MR) is 66.5 cm³/mol. The van der Waals surface area contributed by atoms with Gasteiger partial charge in [0, 0.05) is 32.5 Å². The molecule has 2 aromatic rings. The van der Waals surface area contributed by atoms with E-state index in [-0.39, 0.29) is 0 Å². The summed E-state index contributed by atoms with van der Waals surface area (Å²) in [5, 5.41) is 19.8. The van der Waals surface area contributed by atoms with E-state index < -0.39 is 0 Å². The van der Waals surface area contributed by atoms with Gasteiger partial charge in [0.1, 0.15) is 11.8 Å². The zero-order valence-electron chi connectivity index (χ0n) is 10.4. The third-order valence-corrected chi connectivity index (χ3v) is 2.72. The van der Waals surface area contributed by atoms with Crippen molar-refractivity contribution in [1.29, 1.82) is 5.26 Å². The summed E-state index contributed by atoms with van der Waals surface area (Å²) in [6, 6.07) is 4.06. The number of nitriles is 1. The van der Waals surface area contributed by atoms with Gasteiger partial charge in [-0.1, -0.05) is 5.21 Å². The van der Waals surface area contributed by atoms with E-state index in [1.54, 1.807) is 6.20 Å². The van der Waals surface area contributed by atoms with Crippen LogP contribution in [0.5, 0.6) is 0 Å². The van der Waals surface area contributed by atoms with Gasteiger partial charge < -0.3 is 9.88 Å². The third kappa shape index (κ3) is 3.18. The van der Waals surface area contributed by atoms with Gasteiger partial charge in [0.2, 0.25) is 0 Å². The second kappa shape index (κ2) is 5.98. The first-order valence-electron chi connectivity index (χ1n) is 5.90.